The molecule has 0 saturated heterocycles. The summed E-state index contributed by atoms with van der Waals surface area (Å²) in [7, 11) is 0. The summed E-state index contributed by atoms with van der Waals surface area (Å²) in [5.74, 6) is -0.234. The standard InChI is InChI=1S/C22H17N3O3S/c26-21(24-22-23-19-13-12-17(25(27)28)14-20(19)29-22)18-9-5-4-8-16(18)11-10-15-6-2-1-3-7-15/h1-9,12-14H,10-11H2,(H,23,24,26). The van der Waals surface area contributed by atoms with Crippen LogP contribution >= 0.6 is 11.3 Å². The Bertz CT molecular complexity index is 1190. The molecule has 1 N–H and O–H groups in total. The van der Waals surface area contributed by atoms with Gasteiger partial charge in [-0.3, -0.25) is 20.2 Å². The van der Waals surface area contributed by atoms with Gasteiger partial charge in [0.25, 0.3) is 11.6 Å². The minimum Gasteiger partial charge on any atom is -0.298 e. The van der Waals surface area contributed by atoms with Crippen LogP contribution in [0.3, 0.4) is 0 Å². The Balaban J connectivity index is 1.52. The van der Waals surface area contributed by atoms with Crippen LogP contribution in [0.2, 0.25) is 0 Å². The first-order valence-electron chi connectivity index (χ1n) is 9.08. The lowest BCUT2D eigenvalue weighted by atomic mass is 9.99. The Morgan fingerprint density at radius 3 is 2.55 bits per heavy atom. The zero-order valence-corrected chi connectivity index (χ0v) is 16.2. The minimum atomic E-state index is -0.444. The number of benzene rings is 3. The van der Waals surface area contributed by atoms with Gasteiger partial charge < -0.3 is 0 Å². The summed E-state index contributed by atoms with van der Waals surface area (Å²) in [5.41, 5.74) is 3.41. The molecule has 1 heterocycles. The molecule has 144 valence electrons. The van der Waals surface area contributed by atoms with E-state index in [1.54, 1.807) is 12.1 Å². The molecule has 3 aromatic carbocycles. The topological polar surface area (TPSA) is 85.1 Å². The van der Waals surface area contributed by atoms with E-state index in [1.165, 1.54) is 29.0 Å². The third kappa shape index (κ3) is 4.30. The molecular weight excluding hydrogens is 386 g/mol. The van der Waals surface area contributed by atoms with E-state index in [9.17, 15) is 14.9 Å². The van der Waals surface area contributed by atoms with Gasteiger partial charge in [0.15, 0.2) is 5.13 Å². The molecule has 0 unspecified atom stereocenters. The Morgan fingerprint density at radius 1 is 1.00 bits per heavy atom. The normalized spacial score (nSPS) is 10.8. The lowest BCUT2D eigenvalue weighted by molar-refractivity contribution is -0.384. The highest BCUT2D eigenvalue weighted by molar-refractivity contribution is 7.22. The van der Waals surface area contributed by atoms with Gasteiger partial charge in [-0.2, -0.15) is 0 Å². The van der Waals surface area contributed by atoms with E-state index < -0.39 is 4.92 Å². The summed E-state index contributed by atoms with van der Waals surface area (Å²) in [6, 6.07) is 22.1. The number of nitrogens with one attached hydrogen (secondary N) is 1. The number of amides is 1. The van der Waals surface area contributed by atoms with Crippen molar-refractivity contribution in [2.24, 2.45) is 0 Å². The molecule has 0 aliphatic heterocycles. The second-order valence-electron chi connectivity index (χ2n) is 6.53. The molecule has 0 spiro atoms. The van der Waals surface area contributed by atoms with Crippen LogP contribution in [0.25, 0.3) is 10.2 Å². The molecule has 1 amide bonds. The van der Waals surface area contributed by atoms with Crippen LogP contribution in [0.15, 0.2) is 72.8 Å². The number of hydrogen-bond donors (Lipinski definition) is 1. The van der Waals surface area contributed by atoms with E-state index in [4.69, 9.17) is 0 Å². The largest absolute Gasteiger partial charge is 0.298 e. The Labute approximate surface area is 171 Å². The quantitative estimate of drug-likeness (QED) is 0.352. The van der Waals surface area contributed by atoms with E-state index in [0.29, 0.717) is 20.9 Å². The van der Waals surface area contributed by atoms with Crippen molar-refractivity contribution >= 4 is 38.3 Å². The number of fused-ring (bicyclic) bond motifs is 1. The molecule has 0 fully saturated rings. The molecule has 6 nitrogen and oxygen atoms in total. The summed E-state index contributed by atoms with van der Waals surface area (Å²) in [6.45, 7) is 0. The van der Waals surface area contributed by atoms with Gasteiger partial charge >= 0.3 is 0 Å². The average molecular weight is 403 g/mol. The zero-order chi connectivity index (χ0) is 20.2. The minimum absolute atomic E-state index is 0.00489. The number of nitrogens with zero attached hydrogens (tertiary/aromatic N) is 2. The number of aromatic nitrogens is 1. The van der Waals surface area contributed by atoms with Gasteiger partial charge in [-0.15, -0.1) is 0 Å². The molecular formula is C22H17N3O3S. The molecule has 0 aliphatic carbocycles. The van der Waals surface area contributed by atoms with Crippen molar-refractivity contribution < 1.29 is 9.72 Å². The molecule has 4 aromatic rings. The monoisotopic (exact) mass is 403 g/mol. The molecule has 0 aliphatic rings. The summed E-state index contributed by atoms with van der Waals surface area (Å²) in [5, 5.41) is 14.2. The van der Waals surface area contributed by atoms with Crippen molar-refractivity contribution in [1.29, 1.82) is 0 Å². The highest BCUT2D eigenvalue weighted by atomic mass is 32.1. The molecule has 0 atom stereocenters. The number of carbonyl (C=O) groups excluding carboxylic acids is 1. The van der Waals surface area contributed by atoms with E-state index in [2.05, 4.69) is 22.4 Å². The number of anilines is 1. The maximum Gasteiger partial charge on any atom is 0.270 e. The number of nitro groups is 1. The number of rotatable bonds is 6. The molecule has 0 bridgehead atoms. The molecule has 0 radical (unpaired) electrons. The van der Waals surface area contributed by atoms with Crippen molar-refractivity contribution in [3.63, 3.8) is 0 Å². The summed E-state index contributed by atoms with van der Waals surface area (Å²) in [6.07, 6.45) is 1.59. The fourth-order valence-corrected chi connectivity index (χ4v) is 4.02. The van der Waals surface area contributed by atoms with Crippen LogP contribution in [0, 0.1) is 10.1 Å². The van der Waals surface area contributed by atoms with Gasteiger partial charge in [-0.1, -0.05) is 59.9 Å². The highest BCUT2D eigenvalue weighted by Crippen LogP contribution is 2.29. The summed E-state index contributed by atoms with van der Waals surface area (Å²) in [4.78, 5) is 27.7. The van der Waals surface area contributed by atoms with Gasteiger partial charge in [-0.25, -0.2) is 4.98 Å². The van der Waals surface area contributed by atoms with E-state index >= 15 is 0 Å². The van der Waals surface area contributed by atoms with Gasteiger partial charge in [0.05, 0.1) is 15.1 Å². The van der Waals surface area contributed by atoms with Crippen molar-refractivity contribution in [1.82, 2.24) is 4.98 Å². The van der Waals surface area contributed by atoms with Crippen LogP contribution in [-0.4, -0.2) is 15.8 Å². The maximum atomic E-state index is 12.8. The average Bonchev–Trinajstić information content (AvgIpc) is 3.14. The summed E-state index contributed by atoms with van der Waals surface area (Å²) < 4.78 is 0.659. The predicted molar refractivity (Wildman–Crippen MR) is 115 cm³/mol. The highest BCUT2D eigenvalue weighted by Gasteiger charge is 2.15. The third-order valence-electron chi connectivity index (χ3n) is 4.59. The number of non-ortho nitro benzene ring substituents is 1. The van der Waals surface area contributed by atoms with Gasteiger partial charge in [0.2, 0.25) is 0 Å². The van der Waals surface area contributed by atoms with Crippen LogP contribution in [0.5, 0.6) is 0 Å². The fourth-order valence-electron chi connectivity index (χ4n) is 3.13. The first-order chi connectivity index (χ1) is 14.1. The van der Waals surface area contributed by atoms with Crippen molar-refractivity contribution in [3.8, 4) is 0 Å². The van der Waals surface area contributed by atoms with Crippen LogP contribution in [0.4, 0.5) is 10.8 Å². The van der Waals surface area contributed by atoms with Crippen molar-refractivity contribution in [2.45, 2.75) is 12.8 Å². The van der Waals surface area contributed by atoms with Gasteiger partial charge in [-0.05, 0) is 36.1 Å². The predicted octanol–water partition coefficient (Wildman–Crippen LogP) is 5.24. The van der Waals surface area contributed by atoms with E-state index in [1.807, 2.05) is 36.4 Å². The molecule has 4 rings (SSSR count). The number of thiazole rings is 1. The lowest BCUT2D eigenvalue weighted by Crippen LogP contribution is -2.14. The smallest absolute Gasteiger partial charge is 0.270 e. The van der Waals surface area contributed by atoms with Crippen molar-refractivity contribution in [3.05, 3.63) is 99.6 Å². The van der Waals surface area contributed by atoms with Crippen LogP contribution in [0.1, 0.15) is 21.5 Å². The Hall–Kier alpha value is -3.58. The van der Waals surface area contributed by atoms with Gasteiger partial charge in [0, 0.05) is 17.7 Å². The van der Waals surface area contributed by atoms with E-state index in [-0.39, 0.29) is 11.6 Å². The number of hydrogen-bond acceptors (Lipinski definition) is 5. The molecule has 7 heteroatoms. The first kappa shape index (κ1) is 18.8. The maximum absolute atomic E-state index is 12.8. The number of nitro benzene ring substituents is 1. The van der Waals surface area contributed by atoms with Crippen LogP contribution < -0.4 is 5.32 Å². The van der Waals surface area contributed by atoms with E-state index in [0.717, 1.165) is 18.4 Å². The lowest BCUT2D eigenvalue weighted by Gasteiger charge is -2.09. The molecule has 29 heavy (non-hydrogen) atoms. The third-order valence-corrected chi connectivity index (χ3v) is 5.52. The molecule has 1 aromatic heterocycles. The summed E-state index contributed by atoms with van der Waals surface area (Å²) >= 11 is 1.22. The van der Waals surface area contributed by atoms with Gasteiger partial charge in [0.1, 0.15) is 0 Å². The second kappa shape index (κ2) is 8.20. The zero-order valence-electron chi connectivity index (χ0n) is 15.4. The van der Waals surface area contributed by atoms with Crippen molar-refractivity contribution in [2.75, 3.05) is 5.32 Å². The number of aryl methyl sites for hydroxylation is 2. The molecule has 0 saturated carbocycles. The second-order valence-corrected chi connectivity index (χ2v) is 7.56. The Kier molecular flexibility index (Phi) is 5.31. The Morgan fingerprint density at radius 2 is 1.76 bits per heavy atom. The number of carbonyl (C=O) groups is 1. The SMILES string of the molecule is O=C(Nc1nc2ccc([N+](=O)[O-])cc2s1)c1ccccc1CCc1ccccc1. The fraction of sp³-hybridized carbons (Fsp3) is 0.0909. The van der Waals surface area contributed by atoms with Crippen LogP contribution in [-0.2, 0) is 12.8 Å². The first-order valence-corrected chi connectivity index (χ1v) is 9.90.